The third kappa shape index (κ3) is 2.97. The molecule has 0 saturated carbocycles. The van der Waals surface area contributed by atoms with Gasteiger partial charge in [-0.2, -0.15) is 5.10 Å². The van der Waals surface area contributed by atoms with Crippen LogP contribution in [0.4, 0.5) is 5.82 Å². The second-order valence-electron chi connectivity index (χ2n) is 4.11. The molecule has 0 saturated heterocycles. The van der Waals surface area contributed by atoms with E-state index < -0.39 is 0 Å². The van der Waals surface area contributed by atoms with E-state index in [1.807, 2.05) is 0 Å². The molecule has 1 rings (SSSR count). The predicted octanol–water partition coefficient (Wildman–Crippen LogP) is 1.11. The Balaban J connectivity index is 2.57. The van der Waals surface area contributed by atoms with Crippen LogP contribution >= 0.6 is 0 Å². The van der Waals surface area contributed by atoms with Gasteiger partial charge in [0.2, 0.25) is 0 Å². The van der Waals surface area contributed by atoms with Crippen LogP contribution in [-0.4, -0.2) is 34.6 Å². The summed E-state index contributed by atoms with van der Waals surface area (Å²) in [7, 11) is 1.77. The average Bonchev–Trinajstić information content (AvgIpc) is 2.59. The number of nitrogens with two attached hydrogens (primary N) is 1. The van der Waals surface area contributed by atoms with Gasteiger partial charge < -0.3 is 10.6 Å². The van der Waals surface area contributed by atoms with Gasteiger partial charge in [0.25, 0.3) is 5.91 Å². The smallest absolute Gasteiger partial charge is 0.258 e. The molecule has 5 heteroatoms. The monoisotopic (exact) mass is 210 g/mol. The van der Waals surface area contributed by atoms with Crippen molar-refractivity contribution in [3.63, 3.8) is 0 Å². The van der Waals surface area contributed by atoms with Crippen molar-refractivity contribution in [2.45, 2.75) is 20.3 Å². The molecule has 1 aromatic heterocycles. The highest BCUT2D eigenvalue weighted by Gasteiger charge is 2.15. The first-order chi connectivity index (χ1) is 7.02. The van der Waals surface area contributed by atoms with Gasteiger partial charge in [0.1, 0.15) is 11.4 Å². The lowest BCUT2D eigenvalue weighted by Gasteiger charge is -2.17. The molecule has 0 bridgehead atoms. The fourth-order valence-electron chi connectivity index (χ4n) is 1.23. The highest BCUT2D eigenvalue weighted by atomic mass is 16.2. The lowest BCUT2D eigenvalue weighted by molar-refractivity contribution is 0.0790. The molecule has 0 aliphatic rings. The zero-order chi connectivity index (χ0) is 11.4. The van der Waals surface area contributed by atoms with Crippen LogP contribution in [0.5, 0.6) is 0 Å². The van der Waals surface area contributed by atoms with E-state index in [-0.39, 0.29) is 5.91 Å². The molecule has 0 atom stereocenters. The van der Waals surface area contributed by atoms with Gasteiger partial charge >= 0.3 is 0 Å². The normalized spacial score (nSPS) is 10.7. The van der Waals surface area contributed by atoms with Crippen molar-refractivity contribution in [2.24, 2.45) is 5.92 Å². The molecule has 5 nitrogen and oxygen atoms in total. The Labute approximate surface area is 89.6 Å². The van der Waals surface area contributed by atoms with E-state index >= 15 is 0 Å². The van der Waals surface area contributed by atoms with E-state index in [2.05, 4.69) is 24.0 Å². The first-order valence-corrected chi connectivity index (χ1v) is 5.06. The number of nitrogens with one attached hydrogen (secondary N) is 1. The number of anilines is 1. The molecular formula is C10H18N4O. The summed E-state index contributed by atoms with van der Waals surface area (Å²) < 4.78 is 0. The summed E-state index contributed by atoms with van der Waals surface area (Å²) in [6.07, 6.45) is 2.45. The number of hydrogen-bond acceptors (Lipinski definition) is 3. The highest BCUT2D eigenvalue weighted by Crippen LogP contribution is 2.10. The molecule has 0 aliphatic heterocycles. The Kier molecular flexibility index (Phi) is 3.71. The van der Waals surface area contributed by atoms with Crippen molar-refractivity contribution in [3.8, 4) is 0 Å². The molecule has 1 aromatic rings. The zero-order valence-electron chi connectivity index (χ0n) is 9.45. The largest absolute Gasteiger partial charge is 0.383 e. The maximum atomic E-state index is 11.8. The van der Waals surface area contributed by atoms with Crippen LogP contribution < -0.4 is 5.73 Å². The van der Waals surface area contributed by atoms with Gasteiger partial charge in [-0.15, -0.1) is 0 Å². The Hall–Kier alpha value is -1.52. The molecule has 0 spiro atoms. The van der Waals surface area contributed by atoms with Gasteiger partial charge in [0, 0.05) is 13.6 Å². The molecule has 15 heavy (non-hydrogen) atoms. The second kappa shape index (κ2) is 4.82. The first kappa shape index (κ1) is 11.6. The van der Waals surface area contributed by atoms with Crippen LogP contribution in [0.15, 0.2) is 6.20 Å². The molecule has 3 N–H and O–H groups in total. The Morgan fingerprint density at radius 3 is 2.80 bits per heavy atom. The van der Waals surface area contributed by atoms with Crippen LogP contribution in [-0.2, 0) is 0 Å². The summed E-state index contributed by atoms with van der Waals surface area (Å²) in [5.74, 6) is 0.834. The topological polar surface area (TPSA) is 75.0 Å². The number of nitrogen functional groups attached to an aromatic ring is 1. The van der Waals surface area contributed by atoms with Crippen LogP contribution in [0, 0.1) is 5.92 Å². The van der Waals surface area contributed by atoms with Gasteiger partial charge in [-0.3, -0.25) is 9.89 Å². The highest BCUT2D eigenvalue weighted by molar-refractivity contribution is 5.97. The summed E-state index contributed by atoms with van der Waals surface area (Å²) >= 11 is 0. The minimum atomic E-state index is -0.0816. The Morgan fingerprint density at radius 2 is 2.33 bits per heavy atom. The van der Waals surface area contributed by atoms with Crippen LogP contribution in [0.2, 0.25) is 0 Å². The number of aromatic nitrogens is 2. The van der Waals surface area contributed by atoms with E-state index in [0.29, 0.717) is 17.3 Å². The van der Waals surface area contributed by atoms with E-state index in [1.165, 1.54) is 6.20 Å². The SMILES string of the molecule is CC(C)CCN(C)C(=O)c1cn[nH]c1N. The van der Waals surface area contributed by atoms with Crippen LogP contribution in [0.3, 0.4) is 0 Å². The lowest BCUT2D eigenvalue weighted by atomic mass is 10.1. The van der Waals surface area contributed by atoms with Crippen molar-refractivity contribution >= 4 is 11.7 Å². The zero-order valence-corrected chi connectivity index (χ0v) is 9.45. The van der Waals surface area contributed by atoms with Gasteiger partial charge in [0.15, 0.2) is 0 Å². The molecule has 0 aliphatic carbocycles. The molecule has 84 valence electrons. The Morgan fingerprint density at radius 1 is 1.67 bits per heavy atom. The summed E-state index contributed by atoms with van der Waals surface area (Å²) in [5, 5.41) is 6.27. The van der Waals surface area contributed by atoms with Crippen molar-refractivity contribution in [3.05, 3.63) is 11.8 Å². The van der Waals surface area contributed by atoms with E-state index in [9.17, 15) is 4.79 Å². The standard InChI is InChI=1S/C10H18N4O/c1-7(2)4-5-14(3)10(15)8-6-12-13-9(8)11/h6-7H,4-5H2,1-3H3,(H3,11,12,13). The fourth-order valence-corrected chi connectivity index (χ4v) is 1.23. The molecule has 0 aromatic carbocycles. The third-order valence-electron chi connectivity index (χ3n) is 2.29. The number of amides is 1. The van der Waals surface area contributed by atoms with Crippen LogP contribution in [0.1, 0.15) is 30.6 Å². The fraction of sp³-hybridized carbons (Fsp3) is 0.600. The minimum Gasteiger partial charge on any atom is -0.383 e. The maximum Gasteiger partial charge on any atom is 0.258 e. The Bertz CT molecular complexity index is 332. The lowest BCUT2D eigenvalue weighted by Crippen LogP contribution is -2.28. The third-order valence-corrected chi connectivity index (χ3v) is 2.29. The summed E-state index contributed by atoms with van der Waals surface area (Å²) in [6.45, 7) is 5.00. The molecule has 0 radical (unpaired) electrons. The maximum absolute atomic E-state index is 11.8. The van der Waals surface area contributed by atoms with E-state index in [0.717, 1.165) is 13.0 Å². The minimum absolute atomic E-state index is 0.0816. The number of rotatable bonds is 4. The van der Waals surface area contributed by atoms with Gasteiger partial charge in [-0.1, -0.05) is 13.8 Å². The number of H-pyrrole nitrogens is 1. The first-order valence-electron chi connectivity index (χ1n) is 5.06. The van der Waals surface area contributed by atoms with E-state index in [4.69, 9.17) is 5.73 Å². The number of carbonyl (C=O) groups excluding carboxylic acids is 1. The summed E-state index contributed by atoms with van der Waals surface area (Å²) in [4.78, 5) is 13.5. The predicted molar refractivity (Wildman–Crippen MR) is 59.4 cm³/mol. The number of aromatic amines is 1. The molecule has 0 fully saturated rings. The summed E-state index contributed by atoms with van der Waals surface area (Å²) in [6, 6.07) is 0. The average molecular weight is 210 g/mol. The molecule has 1 amide bonds. The number of nitrogens with zero attached hydrogens (tertiary/aromatic N) is 2. The van der Waals surface area contributed by atoms with Gasteiger partial charge in [0.05, 0.1) is 6.20 Å². The molecule has 1 heterocycles. The van der Waals surface area contributed by atoms with E-state index in [1.54, 1.807) is 11.9 Å². The van der Waals surface area contributed by atoms with Gasteiger partial charge in [-0.05, 0) is 12.3 Å². The van der Waals surface area contributed by atoms with Crippen molar-refractivity contribution in [1.82, 2.24) is 15.1 Å². The van der Waals surface area contributed by atoms with Crippen molar-refractivity contribution in [2.75, 3.05) is 19.3 Å². The number of hydrogen-bond donors (Lipinski definition) is 2. The van der Waals surface area contributed by atoms with Crippen LogP contribution in [0.25, 0.3) is 0 Å². The molecular weight excluding hydrogens is 192 g/mol. The van der Waals surface area contributed by atoms with Gasteiger partial charge in [-0.25, -0.2) is 0 Å². The summed E-state index contributed by atoms with van der Waals surface area (Å²) in [5.41, 5.74) is 6.02. The second-order valence-corrected chi connectivity index (χ2v) is 4.11. The van der Waals surface area contributed by atoms with Crippen molar-refractivity contribution in [1.29, 1.82) is 0 Å². The quantitative estimate of drug-likeness (QED) is 0.781. The van der Waals surface area contributed by atoms with Crippen molar-refractivity contribution < 1.29 is 4.79 Å². The number of carbonyl (C=O) groups is 1. The molecule has 0 unspecified atom stereocenters.